The lowest BCUT2D eigenvalue weighted by molar-refractivity contribution is -0.114. The van der Waals surface area contributed by atoms with E-state index in [1.165, 1.54) is 25.3 Å². The van der Waals surface area contributed by atoms with Gasteiger partial charge in [0, 0.05) is 5.69 Å². The molecular weight excluding hydrogens is 367 g/mol. The van der Waals surface area contributed by atoms with Crippen LogP contribution in [0.5, 0.6) is 5.75 Å². The number of anilines is 2. The number of rotatable bonds is 7. The first kappa shape index (κ1) is 19.1. The van der Waals surface area contributed by atoms with Crippen LogP contribution in [0.1, 0.15) is 0 Å². The van der Waals surface area contributed by atoms with Crippen molar-refractivity contribution in [2.75, 3.05) is 29.2 Å². The van der Waals surface area contributed by atoms with Gasteiger partial charge in [0.2, 0.25) is 11.8 Å². The topological polar surface area (TPSA) is 67.4 Å². The molecule has 2 aromatic rings. The Kier molecular flexibility index (Phi) is 7.09. The van der Waals surface area contributed by atoms with E-state index in [-0.39, 0.29) is 28.3 Å². The molecule has 25 heavy (non-hydrogen) atoms. The largest absolute Gasteiger partial charge is 0.495 e. The van der Waals surface area contributed by atoms with E-state index in [1.54, 1.807) is 24.3 Å². The second kappa shape index (κ2) is 9.29. The Morgan fingerprint density at radius 3 is 2.48 bits per heavy atom. The molecule has 0 radical (unpaired) electrons. The van der Waals surface area contributed by atoms with Crippen LogP contribution < -0.4 is 15.4 Å². The molecule has 0 fully saturated rings. The highest BCUT2D eigenvalue weighted by Crippen LogP contribution is 2.23. The fraction of sp³-hybridized carbons (Fsp3) is 0.176. The lowest BCUT2D eigenvalue weighted by Gasteiger charge is -2.09. The summed E-state index contributed by atoms with van der Waals surface area (Å²) in [5.41, 5.74) is 0.969. The van der Waals surface area contributed by atoms with Gasteiger partial charge in [-0.2, -0.15) is 0 Å². The Morgan fingerprint density at radius 1 is 1.12 bits per heavy atom. The van der Waals surface area contributed by atoms with Crippen molar-refractivity contribution in [1.82, 2.24) is 0 Å². The number of benzene rings is 2. The van der Waals surface area contributed by atoms with Crippen LogP contribution in [-0.4, -0.2) is 30.4 Å². The highest BCUT2D eigenvalue weighted by atomic mass is 35.5. The summed E-state index contributed by atoms with van der Waals surface area (Å²) in [5.74, 6) is -0.358. The van der Waals surface area contributed by atoms with Crippen molar-refractivity contribution < 1.29 is 18.7 Å². The fourth-order valence-corrected chi connectivity index (χ4v) is 2.74. The van der Waals surface area contributed by atoms with Crippen molar-refractivity contribution in [3.8, 4) is 5.75 Å². The number of hydrogen-bond acceptors (Lipinski definition) is 4. The summed E-state index contributed by atoms with van der Waals surface area (Å²) < 4.78 is 18.2. The molecule has 0 saturated heterocycles. The fourth-order valence-electron chi connectivity index (χ4n) is 1.94. The molecule has 0 aliphatic rings. The minimum Gasteiger partial charge on any atom is -0.495 e. The maximum atomic E-state index is 13.1. The first-order chi connectivity index (χ1) is 12.0. The van der Waals surface area contributed by atoms with Crippen LogP contribution in [0.2, 0.25) is 5.02 Å². The second-order valence-corrected chi connectivity index (χ2v) is 6.31. The SMILES string of the molecule is COc1ccccc1NC(=O)CSCC(=O)Nc1ccc(F)c(Cl)c1. The Bertz CT molecular complexity index is 773. The van der Waals surface area contributed by atoms with E-state index in [2.05, 4.69) is 10.6 Å². The second-order valence-electron chi connectivity index (χ2n) is 4.92. The molecule has 132 valence electrons. The van der Waals surface area contributed by atoms with E-state index in [0.29, 0.717) is 17.1 Å². The molecule has 2 amide bonds. The molecule has 0 bridgehead atoms. The predicted octanol–water partition coefficient (Wildman–Crippen LogP) is 3.80. The van der Waals surface area contributed by atoms with Crippen LogP contribution in [0, 0.1) is 5.82 Å². The molecule has 2 rings (SSSR count). The smallest absolute Gasteiger partial charge is 0.234 e. The molecule has 8 heteroatoms. The Morgan fingerprint density at radius 2 is 1.80 bits per heavy atom. The van der Waals surface area contributed by atoms with Gasteiger partial charge < -0.3 is 15.4 Å². The van der Waals surface area contributed by atoms with Crippen molar-refractivity contribution in [2.45, 2.75) is 0 Å². The van der Waals surface area contributed by atoms with Gasteiger partial charge in [-0.3, -0.25) is 9.59 Å². The molecule has 0 aliphatic heterocycles. The summed E-state index contributed by atoms with van der Waals surface area (Å²) >= 11 is 6.81. The summed E-state index contributed by atoms with van der Waals surface area (Å²) in [6.45, 7) is 0. The molecule has 0 unspecified atom stereocenters. The molecule has 5 nitrogen and oxygen atoms in total. The van der Waals surface area contributed by atoms with Gasteiger partial charge in [-0.1, -0.05) is 23.7 Å². The highest BCUT2D eigenvalue weighted by molar-refractivity contribution is 8.00. The van der Waals surface area contributed by atoms with Crippen molar-refractivity contribution in [1.29, 1.82) is 0 Å². The van der Waals surface area contributed by atoms with Gasteiger partial charge >= 0.3 is 0 Å². The highest BCUT2D eigenvalue weighted by Gasteiger charge is 2.09. The monoisotopic (exact) mass is 382 g/mol. The van der Waals surface area contributed by atoms with E-state index < -0.39 is 5.82 Å². The number of nitrogens with one attached hydrogen (secondary N) is 2. The van der Waals surface area contributed by atoms with Gasteiger partial charge in [0.1, 0.15) is 11.6 Å². The number of hydrogen-bond donors (Lipinski definition) is 2. The van der Waals surface area contributed by atoms with Crippen molar-refractivity contribution in [3.63, 3.8) is 0 Å². The average molecular weight is 383 g/mol. The average Bonchev–Trinajstić information content (AvgIpc) is 2.58. The van der Waals surface area contributed by atoms with Gasteiger partial charge in [-0.05, 0) is 30.3 Å². The summed E-state index contributed by atoms with van der Waals surface area (Å²) in [6.07, 6.45) is 0. The molecule has 0 spiro atoms. The summed E-state index contributed by atoms with van der Waals surface area (Å²) in [4.78, 5) is 23.8. The molecule has 2 aromatic carbocycles. The van der Waals surface area contributed by atoms with E-state index in [9.17, 15) is 14.0 Å². The Hall–Kier alpha value is -2.25. The third-order valence-corrected chi connectivity index (χ3v) is 4.27. The zero-order valence-corrected chi connectivity index (χ0v) is 14.9. The van der Waals surface area contributed by atoms with Crippen LogP contribution in [0.3, 0.4) is 0 Å². The van der Waals surface area contributed by atoms with Gasteiger partial charge in [0.25, 0.3) is 0 Å². The molecule has 2 N–H and O–H groups in total. The van der Waals surface area contributed by atoms with Crippen LogP contribution in [-0.2, 0) is 9.59 Å². The van der Waals surface area contributed by atoms with Crippen molar-refractivity contribution in [2.24, 2.45) is 0 Å². The quantitative estimate of drug-likeness (QED) is 0.764. The third-order valence-electron chi connectivity index (χ3n) is 3.05. The number of para-hydroxylation sites is 2. The van der Waals surface area contributed by atoms with Gasteiger partial charge in [0.15, 0.2) is 0 Å². The Balaban J connectivity index is 1.76. The summed E-state index contributed by atoms with van der Waals surface area (Å²) in [7, 11) is 1.52. The normalized spacial score (nSPS) is 10.2. The maximum absolute atomic E-state index is 13.1. The molecule has 0 heterocycles. The summed E-state index contributed by atoms with van der Waals surface area (Å²) in [6, 6.07) is 11.0. The maximum Gasteiger partial charge on any atom is 0.234 e. The first-order valence-corrected chi connectivity index (χ1v) is 8.78. The number of amides is 2. The van der Waals surface area contributed by atoms with Gasteiger partial charge in [0.05, 0.1) is 29.3 Å². The Labute approximate surface area is 153 Å². The minimum absolute atomic E-state index is 0.0679. The van der Waals surface area contributed by atoms with Crippen LogP contribution >= 0.6 is 23.4 Å². The lowest BCUT2D eigenvalue weighted by atomic mass is 10.3. The van der Waals surface area contributed by atoms with E-state index in [1.807, 2.05) is 0 Å². The predicted molar refractivity (Wildman–Crippen MR) is 99.0 cm³/mol. The standard InChI is InChI=1S/C17H16ClFN2O3S/c1-24-15-5-3-2-4-14(15)21-17(23)10-25-9-16(22)20-11-6-7-13(19)12(18)8-11/h2-8H,9-10H2,1H3,(H,20,22)(H,21,23). The first-order valence-electron chi connectivity index (χ1n) is 7.25. The number of thioether (sulfide) groups is 1. The van der Waals surface area contributed by atoms with Crippen LogP contribution in [0.4, 0.5) is 15.8 Å². The molecule has 0 atom stereocenters. The van der Waals surface area contributed by atoms with Gasteiger partial charge in [-0.15, -0.1) is 11.8 Å². The number of ether oxygens (including phenoxy) is 1. The van der Waals surface area contributed by atoms with Crippen molar-refractivity contribution in [3.05, 3.63) is 53.3 Å². The van der Waals surface area contributed by atoms with E-state index >= 15 is 0 Å². The number of carbonyl (C=O) groups excluding carboxylic acids is 2. The zero-order chi connectivity index (χ0) is 18.2. The molecule has 0 aromatic heterocycles. The number of methoxy groups -OCH3 is 1. The van der Waals surface area contributed by atoms with Crippen molar-refractivity contribution >= 4 is 46.6 Å². The molecular formula is C17H16ClFN2O3S. The number of carbonyl (C=O) groups is 2. The molecule has 0 aliphatic carbocycles. The third kappa shape index (κ3) is 5.95. The van der Waals surface area contributed by atoms with E-state index in [4.69, 9.17) is 16.3 Å². The molecule has 0 saturated carbocycles. The zero-order valence-electron chi connectivity index (χ0n) is 13.3. The van der Waals surface area contributed by atoms with Gasteiger partial charge in [-0.25, -0.2) is 4.39 Å². The van der Waals surface area contributed by atoms with E-state index in [0.717, 1.165) is 11.8 Å². The summed E-state index contributed by atoms with van der Waals surface area (Å²) in [5, 5.41) is 5.24. The van der Waals surface area contributed by atoms with Crippen LogP contribution in [0.25, 0.3) is 0 Å². The lowest BCUT2D eigenvalue weighted by Crippen LogP contribution is -2.18. The minimum atomic E-state index is -0.554. The van der Waals surface area contributed by atoms with Crippen LogP contribution in [0.15, 0.2) is 42.5 Å². The number of halogens is 2.